The van der Waals surface area contributed by atoms with E-state index < -0.39 is 49.3 Å². The Morgan fingerprint density at radius 3 is 2.14 bits per heavy atom. The van der Waals surface area contributed by atoms with Crippen molar-refractivity contribution in [1.29, 1.82) is 0 Å². The summed E-state index contributed by atoms with van der Waals surface area (Å²) in [6.07, 6.45) is -4.89. The van der Waals surface area contributed by atoms with Gasteiger partial charge in [0.05, 0.1) is 0 Å². The largest absolute Gasteiger partial charge is 0.515 e. The Hall–Kier alpha value is -2.33. The molecule has 1 aromatic rings. The lowest BCUT2D eigenvalue weighted by atomic mass is 9.94. The molecule has 0 fully saturated rings. The van der Waals surface area contributed by atoms with Crippen molar-refractivity contribution in [2.45, 2.75) is 63.1 Å². The van der Waals surface area contributed by atoms with Gasteiger partial charge in [0, 0.05) is 10.5 Å². The Bertz CT molecular complexity index is 792. The van der Waals surface area contributed by atoms with E-state index in [-0.39, 0.29) is 5.56 Å². The molecule has 160 valence electrons. The number of ketones is 1. The van der Waals surface area contributed by atoms with E-state index in [0.717, 1.165) is 0 Å². The van der Waals surface area contributed by atoms with Crippen molar-refractivity contribution in [2.75, 3.05) is 0 Å². The number of nitrogens with zero attached hydrogens (tertiary/aromatic N) is 3. The summed E-state index contributed by atoms with van der Waals surface area (Å²) in [5.41, 5.74) is 8.58. The van der Waals surface area contributed by atoms with Crippen LogP contribution in [0, 0.1) is 0 Å². The van der Waals surface area contributed by atoms with Crippen LogP contribution in [-0.2, 0) is 9.22 Å². The van der Waals surface area contributed by atoms with Crippen LogP contribution in [0.1, 0.15) is 31.1 Å². The quantitative estimate of drug-likeness (QED) is 0.215. The maximum absolute atomic E-state index is 14.8. The third-order valence-electron chi connectivity index (χ3n) is 4.95. The monoisotopic (exact) mass is 429 g/mol. The fraction of sp³-hybridized carbons (Fsp3) is 0.556. The average molecular weight is 429 g/mol. The van der Waals surface area contributed by atoms with E-state index >= 15 is 0 Å². The first-order valence-electron chi connectivity index (χ1n) is 8.77. The lowest BCUT2D eigenvalue weighted by Crippen LogP contribution is -2.56. The van der Waals surface area contributed by atoms with Crippen LogP contribution in [-0.4, -0.2) is 54.5 Å². The molecule has 0 aliphatic heterocycles. The molecule has 0 aliphatic carbocycles. The van der Waals surface area contributed by atoms with Gasteiger partial charge in [0.2, 0.25) is 0 Å². The molecule has 2 N–H and O–H groups in total. The van der Waals surface area contributed by atoms with E-state index in [2.05, 4.69) is 10.0 Å². The van der Waals surface area contributed by atoms with Crippen molar-refractivity contribution >= 4 is 20.1 Å². The van der Waals surface area contributed by atoms with Gasteiger partial charge in [-0.1, -0.05) is 56.2 Å². The molecule has 0 aliphatic rings. The number of carbonyl (C=O) groups is 2. The SMILES string of the molecule is CC(C)(C)[Si](C)(C)OC(=O)C(F)(F)[C@H](N=[N+]=[N-])[C@H](O)C(O)C(=O)c1ccccc1. The fourth-order valence-corrected chi connectivity index (χ4v) is 2.99. The molecule has 0 radical (unpaired) electrons. The molecule has 0 heterocycles. The molecule has 0 bridgehead atoms. The van der Waals surface area contributed by atoms with Gasteiger partial charge < -0.3 is 14.6 Å². The number of aliphatic hydroxyl groups excluding tert-OH is 2. The molecule has 29 heavy (non-hydrogen) atoms. The number of halogens is 2. The molecule has 8 nitrogen and oxygen atoms in total. The van der Waals surface area contributed by atoms with E-state index in [4.69, 9.17) is 9.96 Å². The van der Waals surface area contributed by atoms with Crippen LogP contribution in [0.15, 0.2) is 35.4 Å². The van der Waals surface area contributed by atoms with Gasteiger partial charge in [0.15, 0.2) is 5.78 Å². The number of aliphatic hydroxyl groups is 2. The topological polar surface area (TPSA) is 133 Å². The second kappa shape index (κ2) is 9.00. The minimum Gasteiger partial charge on any atom is -0.515 e. The molecule has 0 saturated heterocycles. The molecule has 11 heteroatoms. The summed E-state index contributed by atoms with van der Waals surface area (Å²) < 4.78 is 34.6. The third kappa shape index (κ3) is 5.60. The first-order valence-corrected chi connectivity index (χ1v) is 11.7. The molecule has 1 rings (SSSR count). The van der Waals surface area contributed by atoms with Crippen LogP contribution in [0.2, 0.25) is 18.1 Å². The van der Waals surface area contributed by atoms with Crippen molar-refractivity contribution in [3.8, 4) is 0 Å². The minimum absolute atomic E-state index is 0.0501. The van der Waals surface area contributed by atoms with Crippen molar-refractivity contribution in [3.05, 3.63) is 46.3 Å². The Kier molecular flexibility index (Phi) is 7.66. The van der Waals surface area contributed by atoms with Crippen molar-refractivity contribution in [2.24, 2.45) is 5.11 Å². The predicted molar refractivity (Wildman–Crippen MR) is 104 cm³/mol. The third-order valence-corrected chi connectivity index (χ3v) is 9.26. The Balaban J connectivity index is 3.17. The van der Waals surface area contributed by atoms with E-state index in [9.17, 15) is 28.6 Å². The number of hydrogen-bond donors (Lipinski definition) is 2. The first-order chi connectivity index (χ1) is 13.2. The average Bonchev–Trinajstić information content (AvgIpc) is 2.63. The number of benzene rings is 1. The number of rotatable bonds is 8. The van der Waals surface area contributed by atoms with E-state index in [1.54, 1.807) is 39.9 Å². The molecule has 0 aromatic heterocycles. The molecular formula is C18H25F2N3O5Si. The zero-order chi connectivity index (χ0) is 22.6. The maximum atomic E-state index is 14.8. The van der Waals surface area contributed by atoms with Crippen LogP contribution in [0.5, 0.6) is 0 Å². The summed E-state index contributed by atoms with van der Waals surface area (Å²) in [4.78, 5) is 26.7. The highest BCUT2D eigenvalue weighted by atomic mass is 28.4. The lowest BCUT2D eigenvalue weighted by molar-refractivity contribution is -0.172. The molecule has 3 atom stereocenters. The van der Waals surface area contributed by atoms with Crippen LogP contribution in [0.25, 0.3) is 10.4 Å². The summed E-state index contributed by atoms with van der Waals surface area (Å²) in [7, 11) is -2.96. The Morgan fingerprint density at radius 1 is 1.17 bits per heavy atom. The summed E-state index contributed by atoms with van der Waals surface area (Å²) in [6, 6.07) is 4.42. The summed E-state index contributed by atoms with van der Waals surface area (Å²) in [5.74, 6) is -7.52. The van der Waals surface area contributed by atoms with Crippen molar-refractivity contribution in [3.63, 3.8) is 0 Å². The van der Waals surface area contributed by atoms with Gasteiger partial charge in [-0.05, 0) is 23.7 Å². The van der Waals surface area contributed by atoms with Gasteiger partial charge in [-0.25, -0.2) is 4.79 Å². The Morgan fingerprint density at radius 2 is 1.69 bits per heavy atom. The van der Waals surface area contributed by atoms with Crippen molar-refractivity contribution in [1.82, 2.24) is 0 Å². The van der Waals surface area contributed by atoms with Crippen LogP contribution in [0.4, 0.5) is 8.78 Å². The number of alkyl halides is 2. The zero-order valence-electron chi connectivity index (χ0n) is 16.8. The zero-order valence-corrected chi connectivity index (χ0v) is 17.8. The highest BCUT2D eigenvalue weighted by Crippen LogP contribution is 2.39. The van der Waals surface area contributed by atoms with Gasteiger partial charge in [0.1, 0.15) is 18.2 Å². The van der Waals surface area contributed by atoms with Gasteiger partial charge in [-0.15, -0.1) is 0 Å². The second-order valence-corrected chi connectivity index (χ2v) is 12.8. The summed E-state index contributed by atoms with van der Waals surface area (Å²) in [5, 5.41) is 22.5. The van der Waals surface area contributed by atoms with Crippen molar-refractivity contribution < 1.29 is 33.0 Å². The van der Waals surface area contributed by atoms with E-state index in [0.29, 0.717) is 0 Å². The Labute approximate surface area is 168 Å². The molecular weight excluding hydrogens is 404 g/mol. The van der Waals surface area contributed by atoms with Gasteiger partial charge in [-0.3, -0.25) is 4.79 Å². The molecule has 1 aromatic carbocycles. The maximum Gasteiger partial charge on any atom is 0.364 e. The van der Waals surface area contributed by atoms with Gasteiger partial charge in [-0.2, -0.15) is 8.78 Å². The number of Topliss-reactive ketones (excluding diaryl/α,β-unsaturated/α-hetero) is 1. The first kappa shape index (κ1) is 24.7. The van der Waals surface area contributed by atoms with E-state index in [1.807, 2.05) is 0 Å². The van der Waals surface area contributed by atoms with Crippen LogP contribution in [0.3, 0.4) is 0 Å². The fourth-order valence-electron chi connectivity index (χ4n) is 2.09. The summed E-state index contributed by atoms with van der Waals surface area (Å²) in [6.45, 7) is 8.31. The smallest absolute Gasteiger partial charge is 0.364 e. The number of hydrogen-bond acceptors (Lipinski definition) is 6. The number of carbonyl (C=O) groups excluding carboxylic acids is 2. The summed E-state index contributed by atoms with van der Waals surface area (Å²) >= 11 is 0. The molecule has 0 amide bonds. The van der Waals surface area contributed by atoms with Crippen LogP contribution >= 0.6 is 0 Å². The normalized spacial score (nSPS) is 15.6. The van der Waals surface area contributed by atoms with Gasteiger partial charge in [0.25, 0.3) is 8.32 Å². The second-order valence-electron chi connectivity index (χ2n) is 8.09. The molecule has 0 spiro atoms. The van der Waals surface area contributed by atoms with Crippen LogP contribution < -0.4 is 0 Å². The molecule has 0 saturated carbocycles. The predicted octanol–water partition coefficient (Wildman–Crippen LogP) is 3.45. The lowest BCUT2D eigenvalue weighted by Gasteiger charge is -2.37. The highest BCUT2D eigenvalue weighted by molar-refractivity contribution is 6.75. The van der Waals surface area contributed by atoms with Gasteiger partial charge >= 0.3 is 11.9 Å². The van der Waals surface area contributed by atoms with E-state index in [1.165, 1.54) is 24.3 Å². The molecule has 1 unspecified atom stereocenters. The standard InChI is InChI=1S/C18H25F2N3O5Si/c1-17(2,3)29(4,5)28-16(27)18(19,20)15(22-23-21)14(26)13(25)12(24)11-9-7-6-8-10-11/h6-10,13-15,25-26H,1-5H3/t13?,14-,15-/m1/s1. The number of azide groups is 1. The minimum atomic E-state index is -4.47. The highest BCUT2D eigenvalue weighted by Gasteiger charge is 2.56.